The number of hydrogen-bond donors (Lipinski definition) is 0. The van der Waals surface area contributed by atoms with Gasteiger partial charge in [0.2, 0.25) is 0 Å². The van der Waals surface area contributed by atoms with E-state index in [1.165, 1.54) is 6.07 Å². The average Bonchev–Trinajstić information content (AvgIpc) is 1.94. The Balaban J connectivity index is 3.22. The van der Waals surface area contributed by atoms with Gasteiger partial charge >= 0.3 is 0 Å². The zero-order valence-electron chi connectivity index (χ0n) is 5.87. The van der Waals surface area contributed by atoms with Crippen LogP contribution in [0.4, 0.5) is 0 Å². The molecule has 0 amide bonds. The minimum absolute atomic E-state index is 0.00306. The Kier molecular flexibility index (Phi) is 1.90. The molecule has 2 radical (unpaired) electrons. The number of pyridine rings is 1. The molecule has 0 aromatic carbocycles. The highest BCUT2D eigenvalue weighted by molar-refractivity contribution is 5.12. The molecule has 0 N–H and O–H groups in total. The van der Waals surface area contributed by atoms with Gasteiger partial charge in [-0.15, -0.1) is 0 Å². The maximum absolute atomic E-state index is 10.9. The van der Waals surface area contributed by atoms with Crippen molar-refractivity contribution in [2.24, 2.45) is 0 Å². The molecule has 0 bridgehead atoms. The Bertz CT molecular complexity index is 275. The summed E-state index contributed by atoms with van der Waals surface area (Å²) in [5.74, 6) is 0. The molecule has 10 heavy (non-hydrogen) atoms. The normalized spacial score (nSPS) is 9.80. The van der Waals surface area contributed by atoms with Gasteiger partial charge in [-0.3, -0.25) is 4.79 Å². The maximum Gasteiger partial charge on any atom is 0.250 e. The molecule has 2 heteroatoms. The Labute approximate surface area is 60.1 Å². The summed E-state index contributed by atoms with van der Waals surface area (Å²) in [5.41, 5.74) is 0.623. The number of aromatic nitrogens is 1. The Morgan fingerprint density at radius 3 is 2.80 bits per heavy atom. The largest absolute Gasteiger partial charge is 0.316 e. The fraction of sp³-hybridized carbons (Fsp3) is 0.250. The molecule has 0 spiro atoms. The minimum atomic E-state index is -0.00306. The van der Waals surface area contributed by atoms with Gasteiger partial charge in [-0.25, -0.2) is 0 Å². The predicted molar refractivity (Wildman–Crippen MR) is 39.8 cm³/mol. The molecule has 0 atom stereocenters. The van der Waals surface area contributed by atoms with Crippen LogP contribution in [0, 0.1) is 6.92 Å². The van der Waals surface area contributed by atoms with E-state index in [0.29, 0.717) is 12.1 Å². The second kappa shape index (κ2) is 2.69. The van der Waals surface area contributed by atoms with Crippen molar-refractivity contribution in [2.75, 3.05) is 0 Å². The summed E-state index contributed by atoms with van der Waals surface area (Å²) in [7, 11) is 0. The standard InChI is InChI=1S/C8H9NO/c1-3-9-6-7(2)4-5-8(9)10/h2,4-6H,3H2,1H3. The zero-order chi connectivity index (χ0) is 7.56. The van der Waals surface area contributed by atoms with E-state index < -0.39 is 0 Å². The molecule has 0 aliphatic rings. The van der Waals surface area contributed by atoms with E-state index in [1.54, 1.807) is 16.8 Å². The summed E-state index contributed by atoms with van der Waals surface area (Å²) in [4.78, 5) is 10.9. The molecular weight excluding hydrogens is 126 g/mol. The molecule has 0 unspecified atom stereocenters. The fourth-order valence-electron chi connectivity index (χ4n) is 0.797. The second-order valence-corrected chi connectivity index (χ2v) is 2.09. The topological polar surface area (TPSA) is 22.0 Å². The highest BCUT2D eigenvalue weighted by atomic mass is 16.1. The first-order chi connectivity index (χ1) is 4.74. The first-order valence-electron chi connectivity index (χ1n) is 3.20. The Morgan fingerprint density at radius 1 is 1.60 bits per heavy atom. The van der Waals surface area contributed by atoms with Crippen LogP contribution in [0.25, 0.3) is 0 Å². The Morgan fingerprint density at radius 2 is 2.30 bits per heavy atom. The number of hydrogen-bond acceptors (Lipinski definition) is 1. The molecule has 0 aliphatic heterocycles. The monoisotopic (exact) mass is 135 g/mol. The number of nitrogens with zero attached hydrogens (tertiary/aromatic N) is 1. The molecule has 2 nitrogen and oxygen atoms in total. The number of rotatable bonds is 1. The van der Waals surface area contributed by atoms with Gasteiger partial charge in [0.25, 0.3) is 5.56 Å². The van der Waals surface area contributed by atoms with Crippen molar-refractivity contribution in [1.82, 2.24) is 4.57 Å². The second-order valence-electron chi connectivity index (χ2n) is 2.09. The third kappa shape index (κ3) is 1.26. The van der Waals surface area contributed by atoms with Crippen LogP contribution in [-0.2, 0) is 6.54 Å². The van der Waals surface area contributed by atoms with Crippen LogP contribution in [0.5, 0.6) is 0 Å². The van der Waals surface area contributed by atoms with Gasteiger partial charge in [-0.05, 0) is 12.5 Å². The highest BCUT2D eigenvalue weighted by Gasteiger charge is 1.90. The van der Waals surface area contributed by atoms with Gasteiger partial charge in [0.1, 0.15) is 0 Å². The molecule has 0 fully saturated rings. The van der Waals surface area contributed by atoms with Crippen molar-refractivity contribution in [3.05, 3.63) is 41.2 Å². The average molecular weight is 135 g/mol. The molecule has 52 valence electrons. The lowest BCUT2D eigenvalue weighted by atomic mass is 10.3. The van der Waals surface area contributed by atoms with Gasteiger partial charge < -0.3 is 4.57 Å². The summed E-state index contributed by atoms with van der Waals surface area (Å²) in [6.07, 6.45) is 1.64. The van der Waals surface area contributed by atoms with E-state index in [0.717, 1.165) is 0 Å². The van der Waals surface area contributed by atoms with Crippen LogP contribution in [-0.4, -0.2) is 4.57 Å². The lowest BCUT2D eigenvalue weighted by molar-refractivity contribution is 0.725. The third-order valence-electron chi connectivity index (χ3n) is 1.35. The predicted octanol–water partition coefficient (Wildman–Crippen LogP) is 0.927. The van der Waals surface area contributed by atoms with Gasteiger partial charge in [0, 0.05) is 25.7 Å². The van der Waals surface area contributed by atoms with Gasteiger partial charge in [-0.1, -0.05) is 6.07 Å². The van der Waals surface area contributed by atoms with E-state index in [2.05, 4.69) is 0 Å². The van der Waals surface area contributed by atoms with Gasteiger partial charge in [0.15, 0.2) is 0 Å². The lowest BCUT2D eigenvalue weighted by Crippen LogP contribution is -2.16. The van der Waals surface area contributed by atoms with E-state index in [9.17, 15) is 4.79 Å². The third-order valence-corrected chi connectivity index (χ3v) is 1.35. The van der Waals surface area contributed by atoms with Crippen LogP contribution in [0.3, 0.4) is 0 Å². The summed E-state index contributed by atoms with van der Waals surface area (Å²) in [5, 5.41) is 0. The minimum Gasteiger partial charge on any atom is -0.316 e. The van der Waals surface area contributed by atoms with Crippen molar-refractivity contribution in [3.8, 4) is 0 Å². The lowest BCUT2D eigenvalue weighted by Gasteiger charge is -1.99. The molecule has 1 aromatic rings. The summed E-state index contributed by atoms with van der Waals surface area (Å²) < 4.78 is 1.56. The van der Waals surface area contributed by atoms with Crippen LogP contribution in [0.1, 0.15) is 12.5 Å². The first kappa shape index (κ1) is 7.06. The van der Waals surface area contributed by atoms with E-state index in [1.807, 2.05) is 6.92 Å². The van der Waals surface area contributed by atoms with Gasteiger partial charge in [0.05, 0.1) is 0 Å². The molecule has 1 aromatic heterocycles. The van der Waals surface area contributed by atoms with Crippen molar-refractivity contribution in [3.63, 3.8) is 0 Å². The Hall–Kier alpha value is -1.05. The van der Waals surface area contributed by atoms with Crippen LogP contribution < -0.4 is 5.56 Å². The molecule has 1 heterocycles. The van der Waals surface area contributed by atoms with Crippen molar-refractivity contribution >= 4 is 0 Å². The van der Waals surface area contributed by atoms with Crippen LogP contribution in [0.2, 0.25) is 0 Å². The highest BCUT2D eigenvalue weighted by Crippen LogP contribution is 1.90. The molecular formula is C8H9NO. The fourth-order valence-corrected chi connectivity index (χ4v) is 0.797. The molecule has 1 rings (SSSR count). The van der Waals surface area contributed by atoms with Crippen molar-refractivity contribution < 1.29 is 0 Å². The van der Waals surface area contributed by atoms with E-state index in [4.69, 9.17) is 6.92 Å². The molecule has 0 aliphatic carbocycles. The maximum atomic E-state index is 10.9. The molecule has 0 saturated heterocycles. The summed E-state index contributed by atoms with van der Waals surface area (Å²) in [6, 6.07) is 3.08. The van der Waals surface area contributed by atoms with Crippen molar-refractivity contribution in [1.29, 1.82) is 0 Å². The quantitative estimate of drug-likeness (QED) is 0.561. The summed E-state index contributed by atoms with van der Waals surface area (Å²) >= 11 is 0. The van der Waals surface area contributed by atoms with E-state index >= 15 is 0 Å². The van der Waals surface area contributed by atoms with Gasteiger partial charge in [-0.2, -0.15) is 0 Å². The summed E-state index contributed by atoms with van der Waals surface area (Å²) in [6.45, 7) is 8.02. The zero-order valence-corrected chi connectivity index (χ0v) is 5.87. The van der Waals surface area contributed by atoms with Crippen LogP contribution in [0.15, 0.2) is 23.1 Å². The van der Waals surface area contributed by atoms with E-state index in [-0.39, 0.29) is 5.56 Å². The van der Waals surface area contributed by atoms with Crippen LogP contribution >= 0.6 is 0 Å². The number of aryl methyl sites for hydroxylation is 1. The smallest absolute Gasteiger partial charge is 0.250 e. The first-order valence-corrected chi connectivity index (χ1v) is 3.20. The molecule has 0 saturated carbocycles. The van der Waals surface area contributed by atoms with Crippen molar-refractivity contribution in [2.45, 2.75) is 13.5 Å². The SMILES string of the molecule is [CH]c1ccc(=O)n(CC)c1.